The Bertz CT molecular complexity index is 978. The van der Waals surface area contributed by atoms with E-state index in [1.54, 1.807) is 29.3 Å². The number of carbonyl (C=O) groups excluding carboxylic acids is 1. The zero-order valence-electron chi connectivity index (χ0n) is 14.6. The molecule has 1 atom stereocenters. The second-order valence-electron chi connectivity index (χ2n) is 6.18. The molecule has 8 heteroatoms. The molecule has 0 aliphatic carbocycles. The van der Waals surface area contributed by atoms with Crippen LogP contribution in [-0.2, 0) is 0 Å². The van der Waals surface area contributed by atoms with Gasteiger partial charge in [0.1, 0.15) is 11.1 Å². The Kier molecular flexibility index (Phi) is 5.13. The van der Waals surface area contributed by atoms with Gasteiger partial charge in [-0.2, -0.15) is 4.98 Å². The number of carbonyl (C=O) groups is 1. The summed E-state index contributed by atoms with van der Waals surface area (Å²) in [4.78, 5) is 23.7. The van der Waals surface area contributed by atoms with Crippen LogP contribution in [0.25, 0.3) is 11.4 Å². The van der Waals surface area contributed by atoms with Crippen molar-refractivity contribution in [2.75, 3.05) is 12.8 Å². The van der Waals surface area contributed by atoms with Crippen LogP contribution < -0.4 is 0 Å². The van der Waals surface area contributed by atoms with E-state index in [-0.39, 0.29) is 11.9 Å². The van der Waals surface area contributed by atoms with Gasteiger partial charge >= 0.3 is 0 Å². The summed E-state index contributed by atoms with van der Waals surface area (Å²) in [6.07, 6.45) is 5.28. The SMILES string of the molecule is CSc1ncccc1C(=O)N1CCCC1c1nc(-c2cccc(Cl)c2)no1. The first-order valence-corrected chi connectivity index (χ1v) is 10.2. The fourth-order valence-electron chi connectivity index (χ4n) is 3.25. The molecule has 3 aromatic rings. The number of likely N-dealkylation sites (tertiary alicyclic amines) is 1. The van der Waals surface area contributed by atoms with Crippen molar-refractivity contribution in [1.29, 1.82) is 0 Å². The molecule has 0 radical (unpaired) electrons. The van der Waals surface area contributed by atoms with Gasteiger partial charge in [-0.1, -0.05) is 28.9 Å². The fraction of sp³-hybridized carbons (Fsp3) is 0.263. The number of rotatable bonds is 4. The number of hydrogen-bond acceptors (Lipinski definition) is 6. The second kappa shape index (κ2) is 7.70. The van der Waals surface area contributed by atoms with Crippen molar-refractivity contribution in [1.82, 2.24) is 20.0 Å². The maximum Gasteiger partial charge on any atom is 0.257 e. The summed E-state index contributed by atoms with van der Waals surface area (Å²) in [5, 5.41) is 5.40. The molecule has 3 heterocycles. The fourth-order valence-corrected chi connectivity index (χ4v) is 3.98. The minimum atomic E-state index is -0.229. The third kappa shape index (κ3) is 3.57. The number of benzene rings is 1. The number of aromatic nitrogens is 3. The first-order valence-electron chi connectivity index (χ1n) is 8.57. The number of amides is 1. The molecule has 6 nitrogen and oxygen atoms in total. The van der Waals surface area contributed by atoms with E-state index in [0.29, 0.717) is 28.8 Å². The summed E-state index contributed by atoms with van der Waals surface area (Å²) in [6.45, 7) is 0.654. The van der Waals surface area contributed by atoms with Crippen molar-refractivity contribution >= 4 is 29.3 Å². The maximum absolute atomic E-state index is 13.1. The van der Waals surface area contributed by atoms with Gasteiger partial charge in [-0.15, -0.1) is 11.8 Å². The van der Waals surface area contributed by atoms with E-state index in [2.05, 4.69) is 15.1 Å². The van der Waals surface area contributed by atoms with Gasteiger partial charge in [0.15, 0.2) is 0 Å². The van der Waals surface area contributed by atoms with Crippen LogP contribution in [0.15, 0.2) is 52.1 Å². The molecule has 0 N–H and O–H groups in total. The summed E-state index contributed by atoms with van der Waals surface area (Å²) in [7, 11) is 0. The minimum absolute atomic E-state index is 0.0579. The van der Waals surface area contributed by atoms with Gasteiger partial charge < -0.3 is 9.42 Å². The Morgan fingerprint density at radius 1 is 1.33 bits per heavy atom. The van der Waals surface area contributed by atoms with E-state index >= 15 is 0 Å². The van der Waals surface area contributed by atoms with Gasteiger partial charge in [0.05, 0.1) is 5.56 Å². The summed E-state index contributed by atoms with van der Waals surface area (Å²) in [5.41, 5.74) is 1.39. The lowest BCUT2D eigenvalue weighted by molar-refractivity contribution is 0.0705. The van der Waals surface area contributed by atoms with Gasteiger partial charge in [0, 0.05) is 23.3 Å². The predicted octanol–water partition coefficient (Wildman–Crippen LogP) is 4.48. The molecule has 4 rings (SSSR count). The Labute approximate surface area is 165 Å². The van der Waals surface area contributed by atoms with Crippen molar-refractivity contribution in [2.45, 2.75) is 23.9 Å². The standard InChI is InChI=1S/C19H17ClN4O2S/c1-27-18-14(7-3-9-21-18)19(25)24-10-4-8-15(24)17-22-16(23-26-17)12-5-2-6-13(20)11-12/h2-3,5-7,9,11,15H,4,8,10H2,1H3. The molecular weight excluding hydrogens is 384 g/mol. The van der Waals surface area contributed by atoms with E-state index in [9.17, 15) is 4.79 Å². The third-order valence-electron chi connectivity index (χ3n) is 4.52. The smallest absolute Gasteiger partial charge is 0.257 e. The molecule has 1 amide bonds. The summed E-state index contributed by atoms with van der Waals surface area (Å²) >= 11 is 7.50. The Balaban J connectivity index is 1.61. The van der Waals surface area contributed by atoms with E-state index in [1.807, 2.05) is 24.5 Å². The second-order valence-corrected chi connectivity index (χ2v) is 7.41. The van der Waals surface area contributed by atoms with Crippen LogP contribution >= 0.6 is 23.4 Å². The summed E-state index contributed by atoms with van der Waals surface area (Å²) in [6, 6.07) is 10.6. The lowest BCUT2D eigenvalue weighted by Gasteiger charge is -2.22. The van der Waals surface area contributed by atoms with Gasteiger partial charge in [0.25, 0.3) is 5.91 Å². The van der Waals surface area contributed by atoms with E-state index in [4.69, 9.17) is 16.1 Å². The van der Waals surface area contributed by atoms with Gasteiger partial charge in [0.2, 0.25) is 11.7 Å². The molecule has 1 fully saturated rings. The van der Waals surface area contributed by atoms with Crippen LogP contribution in [0.5, 0.6) is 0 Å². The number of halogens is 1. The number of hydrogen-bond donors (Lipinski definition) is 0. The maximum atomic E-state index is 13.1. The van der Waals surface area contributed by atoms with Crippen LogP contribution in [0.1, 0.15) is 35.1 Å². The average Bonchev–Trinajstić information content (AvgIpc) is 3.36. The number of pyridine rings is 1. The van der Waals surface area contributed by atoms with Crippen LogP contribution in [0.3, 0.4) is 0 Å². The molecule has 1 unspecified atom stereocenters. The topological polar surface area (TPSA) is 72.1 Å². The Morgan fingerprint density at radius 3 is 3.04 bits per heavy atom. The zero-order valence-corrected chi connectivity index (χ0v) is 16.2. The molecule has 1 aliphatic heterocycles. The molecule has 2 aromatic heterocycles. The molecule has 1 aliphatic rings. The quantitative estimate of drug-likeness (QED) is 0.601. The highest BCUT2D eigenvalue weighted by Crippen LogP contribution is 2.34. The van der Waals surface area contributed by atoms with Gasteiger partial charge in [-0.3, -0.25) is 4.79 Å². The summed E-state index contributed by atoms with van der Waals surface area (Å²) in [5.74, 6) is 0.862. The molecule has 1 aromatic carbocycles. The van der Waals surface area contributed by atoms with Crippen LogP contribution in [0, 0.1) is 0 Å². The van der Waals surface area contributed by atoms with Gasteiger partial charge in [-0.05, 0) is 43.4 Å². The first kappa shape index (κ1) is 18.0. The summed E-state index contributed by atoms with van der Waals surface area (Å²) < 4.78 is 5.50. The minimum Gasteiger partial charge on any atom is -0.337 e. The van der Waals surface area contributed by atoms with Crippen LogP contribution in [0.2, 0.25) is 5.02 Å². The highest BCUT2D eigenvalue weighted by Gasteiger charge is 2.35. The van der Waals surface area contributed by atoms with Crippen molar-refractivity contribution in [3.05, 3.63) is 59.1 Å². The average molecular weight is 401 g/mol. The Hall–Kier alpha value is -2.38. The van der Waals surface area contributed by atoms with Crippen molar-refractivity contribution in [3.63, 3.8) is 0 Å². The Morgan fingerprint density at radius 2 is 2.22 bits per heavy atom. The highest BCUT2D eigenvalue weighted by molar-refractivity contribution is 7.98. The van der Waals surface area contributed by atoms with E-state index in [1.165, 1.54) is 11.8 Å². The molecule has 0 spiro atoms. The van der Waals surface area contributed by atoms with Crippen LogP contribution in [0.4, 0.5) is 0 Å². The van der Waals surface area contributed by atoms with Crippen molar-refractivity contribution < 1.29 is 9.32 Å². The number of nitrogens with zero attached hydrogens (tertiary/aromatic N) is 4. The molecule has 138 valence electrons. The molecule has 27 heavy (non-hydrogen) atoms. The molecule has 0 bridgehead atoms. The highest BCUT2D eigenvalue weighted by atomic mass is 35.5. The van der Waals surface area contributed by atoms with Crippen molar-refractivity contribution in [2.24, 2.45) is 0 Å². The lowest BCUT2D eigenvalue weighted by atomic mass is 10.2. The van der Waals surface area contributed by atoms with E-state index in [0.717, 1.165) is 23.4 Å². The monoisotopic (exact) mass is 400 g/mol. The zero-order chi connectivity index (χ0) is 18.8. The lowest BCUT2D eigenvalue weighted by Crippen LogP contribution is -2.31. The molecule has 1 saturated heterocycles. The van der Waals surface area contributed by atoms with Crippen molar-refractivity contribution in [3.8, 4) is 11.4 Å². The van der Waals surface area contributed by atoms with Crippen LogP contribution in [-0.4, -0.2) is 38.7 Å². The first-order chi connectivity index (χ1) is 13.2. The van der Waals surface area contributed by atoms with Gasteiger partial charge in [-0.25, -0.2) is 4.98 Å². The van der Waals surface area contributed by atoms with E-state index < -0.39 is 0 Å². The predicted molar refractivity (Wildman–Crippen MR) is 104 cm³/mol. The number of thioether (sulfide) groups is 1. The molecule has 0 saturated carbocycles. The molecular formula is C19H17ClN4O2S. The largest absolute Gasteiger partial charge is 0.337 e. The third-order valence-corrected chi connectivity index (χ3v) is 5.47. The normalized spacial score (nSPS) is 16.7.